The van der Waals surface area contributed by atoms with E-state index in [0.717, 1.165) is 25.7 Å². The first-order valence-electron chi connectivity index (χ1n) is 8.22. The Morgan fingerprint density at radius 3 is 2.81 bits per heavy atom. The van der Waals surface area contributed by atoms with Gasteiger partial charge in [-0.3, -0.25) is 4.79 Å². The minimum absolute atomic E-state index is 0.0157. The van der Waals surface area contributed by atoms with Gasteiger partial charge in [-0.25, -0.2) is 0 Å². The van der Waals surface area contributed by atoms with E-state index < -0.39 is 5.79 Å². The maximum atomic E-state index is 12.3. The van der Waals surface area contributed by atoms with E-state index in [-0.39, 0.29) is 23.4 Å². The molecule has 3 fully saturated rings. The number of carbonyl (C=O) groups excluding carboxylic acids is 1. The monoisotopic (exact) mass is 292 g/mol. The molecule has 2 saturated carbocycles. The molecule has 116 valence electrons. The molecule has 4 rings (SSSR count). The van der Waals surface area contributed by atoms with E-state index in [1.807, 2.05) is 0 Å². The Balaban J connectivity index is 1.68. The predicted octanol–water partition coefficient (Wildman–Crippen LogP) is 2.21. The average molecular weight is 292 g/mol. The first-order valence-corrected chi connectivity index (χ1v) is 8.22. The normalized spacial score (nSPS) is 45.1. The lowest BCUT2D eigenvalue weighted by Gasteiger charge is -2.54. The third-order valence-electron chi connectivity index (χ3n) is 6.33. The number of rotatable bonds is 0. The van der Waals surface area contributed by atoms with Gasteiger partial charge in [-0.2, -0.15) is 0 Å². The number of Topliss-reactive ketones (excluding diaryl/α,β-unsaturated/α-hetero) is 1. The van der Waals surface area contributed by atoms with E-state index in [2.05, 4.69) is 13.0 Å². The summed E-state index contributed by atoms with van der Waals surface area (Å²) in [6, 6.07) is 0. The first kappa shape index (κ1) is 13.9. The van der Waals surface area contributed by atoms with E-state index in [0.29, 0.717) is 31.8 Å². The SMILES string of the molecule is C[C@@]12CCC3(CC1=CC[C@H]1C(=O)CC[C@@H](O)[C@@H]12)OCCO3. The smallest absolute Gasteiger partial charge is 0.172 e. The summed E-state index contributed by atoms with van der Waals surface area (Å²) in [5, 5.41) is 10.5. The number of hydrogen-bond donors (Lipinski definition) is 1. The summed E-state index contributed by atoms with van der Waals surface area (Å²) in [5.74, 6) is 0.0110. The van der Waals surface area contributed by atoms with Gasteiger partial charge in [0.1, 0.15) is 5.78 Å². The molecule has 1 aliphatic heterocycles. The fourth-order valence-corrected chi connectivity index (χ4v) is 5.16. The van der Waals surface area contributed by atoms with Crippen molar-refractivity contribution in [1.29, 1.82) is 0 Å². The number of fused-ring (bicyclic) bond motifs is 3. The van der Waals surface area contributed by atoms with Crippen molar-refractivity contribution in [2.75, 3.05) is 13.2 Å². The van der Waals surface area contributed by atoms with Crippen molar-refractivity contribution < 1.29 is 19.4 Å². The van der Waals surface area contributed by atoms with Crippen LogP contribution in [0.5, 0.6) is 0 Å². The van der Waals surface area contributed by atoms with E-state index in [9.17, 15) is 9.90 Å². The maximum absolute atomic E-state index is 12.3. The number of ether oxygens (including phenoxy) is 2. The lowest BCUT2D eigenvalue weighted by Crippen LogP contribution is -2.53. The van der Waals surface area contributed by atoms with Crippen LogP contribution in [-0.4, -0.2) is 36.0 Å². The number of hydrogen-bond acceptors (Lipinski definition) is 4. The van der Waals surface area contributed by atoms with Crippen molar-refractivity contribution in [1.82, 2.24) is 0 Å². The molecule has 0 amide bonds. The van der Waals surface area contributed by atoms with Crippen LogP contribution in [0.1, 0.15) is 45.4 Å². The molecule has 4 heteroatoms. The van der Waals surface area contributed by atoms with Gasteiger partial charge in [-0.1, -0.05) is 18.6 Å². The number of allylic oxidation sites excluding steroid dienone is 1. The van der Waals surface area contributed by atoms with Crippen LogP contribution in [0.15, 0.2) is 11.6 Å². The summed E-state index contributed by atoms with van der Waals surface area (Å²) in [6.45, 7) is 3.59. The zero-order chi connectivity index (χ0) is 14.7. The van der Waals surface area contributed by atoms with Gasteiger partial charge < -0.3 is 14.6 Å². The van der Waals surface area contributed by atoms with Crippen LogP contribution in [0.25, 0.3) is 0 Å². The van der Waals surface area contributed by atoms with Crippen molar-refractivity contribution in [3.63, 3.8) is 0 Å². The molecule has 4 atom stereocenters. The second-order valence-corrected chi connectivity index (χ2v) is 7.37. The molecule has 4 aliphatic rings. The van der Waals surface area contributed by atoms with Crippen LogP contribution >= 0.6 is 0 Å². The largest absolute Gasteiger partial charge is 0.393 e. The molecule has 1 saturated heterocycles. The summed E-state index contributed by atoms with van der Waals surface area (Å²) in [7, 11) is 0. The van der Waals surface area contributed by atoms with Crippen LogP contribution in [0.3, 0.4) is 0 Å². The molecule has 1 heterocycles. The Labute approximate surface area is 125 Å². The number of aliphatic hydroxyl groups is 1. The lowest BCUT2D eigenvalue weighted by atomic mass is 9.52. The Hall–Kier alpha value is -0.710. The maximum Gasteiger partial charge on any atom is 0.172 e. The van der Waals surface area contributed by atoms with Gasteiger partial charge in [-0.15, -0.1) is 0 Å². The highest BCUT2D eigenvalue weighted by Gasteiger charge is 2.56. The van der Waals surface area contributed by atoms with Crippen molar-refractivity contribution in [2.24, 2.45) is 17.3 Å². The lowest BCUT2D eigenvalue weighted by molar-refractivity contribution is -0.187. The fourth-order valence-electron chi connectivity index (χ4n) is 5.16. The molecule has 0 aromatic rings. The van der Waals surface area contributed by atoms with Gasteiger partial charge in [0.15, 0.2) is 5.79 Å². The van der Waals surface area contributed by atoms with Crippen molar-refractivity contribution in [3.05, 3.63) is 11.6 Å². The number of carbonyl (C=O) groups is 1. The first-order chi connectivity index (χ1) is 10.0. The van der Waals surface area contributed by atoms with Gasteiger partial charge in [-0.05, 0) is 24.7 Å². The van der Waals surface area contributed by atoms with Crippen molar-refractivity contribution in [3.8, 4) is 0 Å². The topological polar surface area (TPSA) is 55.8 Å². The number of ketones is 1. The molecule has 3 aliphatic carbocycles. The van der Waals surface area contributed by atoms with Crippen LogP contribution in [0.4, 0.5) is 0 Å². The third kappa shape index (κ3) is 1.96. The van der Waals surface area contributed by atoms with Crippen LogP contribution < -0.4 is 0 Å². The highest BCUT2D eigenvalue weighted by atomic mass is 16.7. The highest BCUT2D eigenvalue weighted by Crippen LogP contribution is 2.58. The summed E-state index contributed by atoms with van der Waals surface area (Å²) < 4.78 is 11.7. The summed E-state index contributed by atoms with van der Waals surface area (Å²) >= 11 is 0. The standard InChI is InChI=1S/C17H24O4/c1-16-6-7-17(20-8-9-21-17)10-11(16)2-3-12-13(18)4-5-14(19)15(12)16/h2,12,14-15,19H,3-10H2,1H3/t12-,14+,15+,16+/m0/s1. The number of aliphatic hydroxyl groups excluding tert-OH is 1. The summed E-state index contributed by atoms with van der Waals surface area (Å²) in [5.41, 5.74) is 1.27. The molecule has 0 aromatic heterocycles. The Bertz CT molecular complexity index is 491. The minimum atomic E-state index is -0.429. The third-order valence-corrected chi connectivity index (χ3v) is 6.33. The Morgan fingerprint density at radius 1 is 1.29 bits per heavy atom. The molecule has 4 nitrogen and oxygen atoms in total. The zero-order valence-corrected chi connectivity index (χ0v) is 12.6. The quantitative estimate of drug-likeness (QED) is 0.696. The fraction of sp³-hybridized carbons (Fsp3) is 0.824. The van der Waals surface area contributed by atoms with E-state index >= 15 is 0 Å². The molecular weight excluding hydrogens is 268 g/mol. The molecule has 0 aromatic carbocycles. The highest BCUT2D eigenvalue weighted by molar-refractivity contribution is 5.83. The van der Waals surface area contributed by atoms with E-state index in [1.165, 1.54) is 5.57 Å². The molecule has 0 radical (unpaired) electrons. The zero-order valence-electron chi connectivity index (χ0n) is 12.6. The minimum Gasteiger partial charge on any atom is -0.393 e. The second-order valence-electron chi connectivity index (χ2n) is 7.37. The second kappa shape index (κ2) is 4.64. The van der Waals surface area contributed by atoms with Gasteiger partial charge >= 0.3 is 0 Å². The molecule has 21 heavy (non-hydrogen) atoms. The molecule has 0 unspecified atom stereocenters. The van der Waals surface area contributed by atoms with Crippen LogP contribution in [0.2, 0.25) is 0 Å². The van der Waals surface area contributed by atoms with Crippen LogP contribution in [-0.2, 0) is 14.3 Å². The van der Waals surface area contributed by atoms with E-state index in [4.69, 9.17) is 9.47 Å². The van der Waals surface area contributed by atoms with Crippen LogP contribution in [0, 0.1) is 17.3 Å². The van der Waals surface area contributed by atoms with Gasteiger partial charge in [0.05, 0.1) is 19.3 Å². The molecular formula is C17H24O4. The van der Waals surface area contributed by atoms with Gasteiger partial charge in [0.25, 0.3) is 0 Å². The van der Waals surface area contributed by atoms with Gasteiger partial charge in [0.2, 0.25) is 0 Å². The van der Waals surface area contributed by atoms with Crippen molar-refractivity contribution in [2.45, 2.75) is 57.3 Å². The van der Waals surface area contributed by atoms with Gasteiger partial charge in [0, 0.05) is 31.1 Å². The molecule has 1 spiro atoms. The summed E-state index contributed by atoms with van der Waals surface area (Å²) in [4.78, 5) is 12.3. The molecule has 0 bridgehead atoms. The summed E-state index contributed by atoms with van der Waals surface area (Å²) in [6.07, 6.45) is 6.44. The Kier molecular flexibility index (Phi) is 3.08. The van der Waals surface area contributed by atoms with E-state index in [1.54, 1.807) is 0 Å². The molecule has 1 N–H and O–H groups in total. The average Bonchev–Trinajstić information content (AvgIpc) is 2.92. The Morgan fingerprint density at radius 2 is 2.05 bits per heavy atom. The van der Waals surface area contributed by atoms with Crippen molar-refractivity contribution >= 4 is 5.78 Å². The predicted molar refractivity (Wildman–Crippen MR) is 76.5 cm³/mol.